The Morgan fingerprint density at radius 1 is 1.08 bits per heavy atom. The smallest absolute Gasteiger partial charge is 0.311 e. The standard InChI is InChI=1S/C21H18O2S3/c22-21(23)19(16-8-12-1-2-13(16)7-12)17-9-18(14-3-5-24-10-14)26-20(17)15-4-6-25-11-15/h1-6,9-13,16,19H,7-8H2,(H,22,23). The van der Waals surface area contributed by atoms with Gasteiger partial charge < -0.3 is 5.11 Å². The highest BCUT2D eigenvalue weighted by atomic mass is 32.1. The number of thiophene rings is 3. The van der Waals surface area contributed by atoms with Crippen LogP contribution in [0.2, 0.25) is 0 Å². The largest absolute Gasteiger partial charge is 0.481 e. The minimum Gasteiger partial charge on any atom is -0.481 e. The summed E-state index contributed by atoms with van der Waals surface area (Å²) in [6.45, 7) is 0. The normalized spacial score (nSPS) is 25.0. The van der Waals surface area contributed by atoms with Gasteiger partial charge in [-0.3, -0.25) is 4.79 Å². The lowest BCUT2D eigenvalue weighted by molar-refractivity contribution is -0.140. The summed E-state index contributed by atoms with van der Waals surface area (Å²) < 4.78 is 0. The molecule has 3 heterocycles. The van der Waals surface area contributed by atoms with Crippen LogP contribution < -0.4 is 0 Å². The Morgan fingerprint density at radius 3 is 2.42 bits per heavy atom. The van der Waals surface area contributed by atoms with Crippen molar-refractivity contribution < 1.29 is 9.90 Å². The molecule has 3 aromatic rings. The zero-order chi connectivity index (χ0) is 17.7. The Kier molecular flexibility index (Phi) is 4.11. The molecule has 1 fully saturated rings. The summed E-state index contributed by atoms with van der Waals surface area (Å²) >= 11 is 5.08. The van der Waals surface area contributed by atoms with E-state index in [1.165, 1.54) is 10.4 Å². The molecule has 26 heavy (non-hydrogen) atoms. The topological polar surface area (TPSA) is 37.3 Å². The van der Waals surface area contributed by atoms with Crippen molar-refractivity contribution in [1.29, 1.82) is 0 Å². The number of carboxylic acids is 1. The van der Waals surface area contributed by atoms with Gasteiger partial charge in [-0.25, -0.2) is 0 Å². The highest BCUT2D eigenvalue weighted by Gasteiger charge is 2.44. The molecule has 2 aliphatic rings. The van der Waals surface area contributed by atoms with Crippen molar-refractivity contribution in [1.82, 2.24) is 0 Å². The Morgan fingerprint density at radius 2 is 1.85 bits per heavy atom. The van der Waals surface area contributed by atoms with Crippen LogP contribution in [0.25, 0.3) is 20.9 Å². The molecule has 1 saturated carbocycles. The van der Waals surface area contributed by atoms with Crippen LogP contribution in [-0.2, 0) is 4.79 Å². The lowest BCUT2D eigenvalue weighted by Crippen LogP contribution is -2.24. The third-order valence-corrected chi connectivity index (χ3v) is 8.32. The zero-order valence-electron chi connectivity index (χ0n) is 14.0. The van der Waals surface area contributed by atoms with Crippen LogP contribution >= 0.6 is 34.0 Å². The Bertz CT molecular complexity index is 950. The molecule has 2 aliphatic carbocycles. The van der Waals surface area contributed by atoms with Crippen molar-refractivity contribution in [2.24, 2.45) is 17.8 Å². The first kappa shape index (κ1) is 16.5. The molecule has 2 nitrogen and oxygen atoms in total. The van der Waals surface area contributed by atoms with Crippen LogP contribution in [0.4, 0.5) is 0 Å². The molecule has 4 unspecified atom stereocenters. The molecule has 0 radical (unpaired) electrons. The molecule has 5 rings (SSSR count). The number of allylic oxidation sites excluding steroid dienone is 2. The maximum Gasteiger partial charge on any atom is 0.311 e. The van der Waals surface area contributed by atoms with Crippen LogP contribution in [0.3, 0.4) is 0 Å². The molecule has 2 bridgehead atoms. The van der Waals surface area contributed by atoms with E-state index in [1.54, 1.807) is 34.0 Å². The van der Waals surface area contributed by atoms with Gasteiger partial charge in [0.15, 0.2) is 0 Å². The van der Waals surface area contributed by atoms with E-state index in [2.05, 4.69) is 51.9 Å². The molecule has 1 N–H and O–H groups in total. The first-order valence-electron chi connectivity index (χ1n) is 8.80. The van der Waals surface area contributed by atoms with E-state index in [1.807, 2.05) is 0 Å². The van der Waals surface area contributed by atoms with E-state index in [0.717, 1.165) is 28.8 Å². The monoisotopic (exact) mass is 398 g/mol. The van der Waals surface area contributed by atoms with Crippen molar-refractivity contribution in [2.75, 3.05) is 0 Å². The number of aliphatic carboxylic acids is 1. The van der Waals surface area contributed by atoms with Crippen molar-refractivity contribution in [3.05, 3.63) is 57.4 Å². The maximum absolute atomic E-state index is 12.4. The van der Waals surface area contributed by atoms with Gasteiger partial charge in [0, 0.05) is 20.9 Å². The fourth-order valence-electron chi connectivity index (χ4n) is 4.56. The number of carboxylic acid groups (broad SMARTS) is 1. The number of hydrogen-bond acceptors (Lipinski definition) is 4. The first-order valence-corrected chi connectivity index (χ1v) is 11.5. The van der Waals surface area contributed by atoms with E-state index in [0.29, 0.717) is 11.8 Å². The molecule has 132 valence electrons. The molecule has 0 spiro atoms. The summed E-state index contributed by atoms with van der Waals surface area (Å²) in [4.78, 5) is 14.7. The maximum atomic E-state index is 12.4. The number of fused-ring (bicyclic) bond motifs is 2. The van der Waals surface area contributed by atoms with Gasteiger partial charge in [0.2, 0.25) is 0 Å². The Hall–Kier alpha value is -1.69. The van der Waals surface area contributed by atoms with Gasteiger partial charge >= 0.3 is 5.97 Å². The second kappa shape index (κ2) is 6.48. The first-order chi connectivity index (χ1) is 12.7. The van der Waals surface area contributed by atoms with E-state index < -0.39 is 11.9 Å². The fourth-order valence-corrected chi connectivity index (χ4v) is 7.21. The lowest BCUT2D eigenvalue weighted by Gasteiger charge is -2.25. The molecular weight excluding hydrogens is 380 g/mol. The van der Waals surface area contributed by atoms with Gasteiger partial charge in [-0.15, -0.1) is 11.3 Å². The highest BCUT2D eigenvalue weighted by molar-refractivity contribution is 7.19. The summed E-state index contributed by atoms with van der Waals surface area (Å²) in [6.07, 6.45) is 6.67. The van der Waals surface area contributed by atoms with Gasteiger partial charge in [-0.1, -0.05) is 12.2 Å². The molecule has 0 aliphatic heterocycles. The number of carbonyl (C=O) groups is 1. The molecular formula is C21H18O2S3. The minimum atomic E-state index is -0.679. The predicted octanol–water partition coefficient (Wildman–Crippen LogP) is 6.59. The van der Waals surface area contributed by atoms with E-state index >= 15 is 0 Å². The molecule has 0 saturated heterocycles. The molecule has 4 atom stereocenters. The van der Waals surface area contributed by atoms with E-state index in [4.69, 9.17) is 0 Å². The SMILES string of the molecule is O=C(O)C(c1cc(-c2ccsc2)sc1-c1ccsc1)C1CC2C=CC1C2. The fraction of sp³-hybridized carbons (Fsp3) is 0.286. The Balaban J connectivity index is 1.64. The zero-order valence-corrected chi connectivity index (χ0v) is 16.4. The van der Waals surface area contributed by atoms with Crippen LogP contribution in [0.1, 0.15) is 24.3 Å². The summed E-state index contributed by atoms with van der Waals surface area (Å²) in [5, 5.41) is 18.6. The highest BCUT2D eigenvalue weighted by Crippen LogP contribution is 2.53. The van der Waals surface area contributed by atoms with E-state index in [-0.39, 0.29) is 5.92 Å². The van der Waals surface area contributed by atoms with Crippen LogP contribution in [-0.4, -0.2) is 11.1 Å². The van der Waals surface area contributed by atoms with Crippen molar-refractivity contribution >= 4 is 40.0 Å². The van der Waals surface area contributed by atoms with Gasteiger partial charge in [0.1, 0.15) is 0 Å². The van der Waals surface area contributed by atoms with E-state index in [9.17, 15) is 9.90 Å². The van der Waals surface area contributed by atoms with Crippen LogP contribution in [0.5, 0.6) is 0 Å². The van der Waals surface area contributed by atoms with Crippen LogP contribution in [0.15, 0.2) is 51.9 Å². The number of hydrogen-bond donors (Lipinski definition) is 1. The second-order valence-electron chi connectivity index (χ2n) is 7.18. The minimum absolute atomic E-state index is 0.213. The molecule has 3 aromatic heterocycles. The summed E-state index contributed by atoms with van der Waals surface area (Å²) in [6, 6.07) is 6.37. The van der Waals surface area contributed by atoms with Crippen molar-refractivity contribution in [3.63, 3.8) is 0 Å². The third-order valence-electron chi connectivity index (χ3n) is 5.71. The second-order valence-corrected chi connectivity index (χ2v) is 9.79. The van der Waals surface area contributed by atoms with Gasteiger partial charge in [-0.05, 0) is 75.9 Å². The third kappa shape index (κ3) is 2.70. The van der Waals surface area contributed by atoms with Gasteiger partial charge in [-0.2, -0.15) is 22.7 Å². The van der Waals surface area contributed by atoms with Crippen molar-refractivity contribution in [3.8, 4) is 20.9 Å². The van der Waals surface area contributed by atoms with Gasteiger partial charge in [0.25, 0.3) is 0 Å². The average Bonchev–Trinajstić information content (AvgIpc) is 3.41. The molecule has 0 aromatic carbocycles. The lowest BCUT2D eigenvalue weighted by atomic mass is 9.78. The Labute approximate surface area is 164 Å². The molecule has 0 amide bonds. The quantitative estimate of drug-likeness (QED) is 0.493. The molecule has 5 heteroatoms. The predicted molar refractivity (Wildman–Crippen MR) is 110 cm³/mol. The summed E-state index contributed by atoms with van der Waals surface area (Å²) in [7, 11) is 0. The summed E-state index contributed by atoms with van der Waals surface area (Å²) in [5.74, 6) is 0.104. The average molecular weight is 399 g/mol. The summed E-state index contributed by atoms with van der Waals surface area (Å²) in [5.41, 5.74) is 3.36. The van der Waals surface area contributed by atoms with Crippen molar-refractivity contribution in [2.45, 2.75) is 18.8 Å². The van der Waals surface area contributed by atoms with Gasteiger partial charge in [0.05, 0.1) is 5.92 Å². The number of rotatable bonds is 5. The van der Waals surface area contributed by atoms with Crippen LogP contribution in [0, 0.1) is 17.8 Å².